The van der Waals surface area contributed by atoms with Crippen molar-refractivity contribution in [2.24, 2.45) is 5.92 Å². The van der Waals surface area contributed by atoms with Gasteiger partial charge in [0.2, 0.25) is 4.33 Å². The van der Waals surface area contributed by atoms with Crippen LogP contribution in [0, 0.1) is 5.92 Å². The molecular weight excluding hydrogens is 232 g/mol. The number of alkyl halides is 3. The summed E-state index contributed by atoms with van der Waals surface area (Å²) in [4.78, 5) is 11.3. The Kier molecular flexibility index (Phi) is 3.73. The average molecular weight is 245 g/mol. The molecule has 1 N–H and O–H groups in total. The van der Waals surface area contributed by atoms with Gasteiger partial charge in [0.1, 0.15) is 0 Å². The van der Waals surface area contributed by atoms with E-state index in [-0.39, 0.29) is 17.9 Å². The van der Waals surface area contributed by atoms with Gasteiger partial charge >= 0.3 is 0 Å². The van der Waals surface area contributed by atoms with Gasteiger partial charge in [-0.1, -0.05) is 36.5 Å². The van der Waals surface area contributed by atoms with Gasteiger partial charge in [0.15, 0.2) is 0 Å². The van der Waals surface area contributed by atoms with Gasteiger partial charge in [0.25, 0.3) is 5.91 Å². The molecule has 76 valence electrons. The summed E-state index contributed by atoms with van der Waals surface area (Å²) in [6.07, 6.45) is 1.84. The number of carbonyl (C=O) groups is 1. The van der Waals surface area contributed by atoms with Crippen LogP contribution in [-0.4, -0.2) is 22.2 Å². The molecule has 2 nitrogen and oxygen atoms in total. The summed E-state index contributed by atoms with van der Waals surface area (Å²) < 4.78 is -1.35. The number of rotatable bonds is 3. The summed E-state index contributed by atoms with van der Waals surface area (Å²) in [5.41, 5.74) is 0. The predicted octanol–water partition coefficient (Wildman–Crippen LogP) is 2.31. The lowest BCUT2D eigenvalue weighted by Gasteiger charge is -2.20. The van der Waals surface area contributed by atoms with Crippen LogP contribution < -0.4 is 5.32 Å². The molecule has 1 aliphatic rings. The molecule has 1 amide bonds. The predicted molar refractivity (Wildman–Crippen MR) is 55.5 cm³/mol. The first kappa shape index (κ1) is 11.4. The number of hydrogen-bond acceptors (Lipinski definition) is 1. The maximum absolute atomic E-state index is 11.3. The third-order valence-corrected chi connectivity index (χ3v) is 3.57. The summed E-state index contributed by atoms with van der Waals surface area (Å²) in [5, 5.41) is 2.76. The minimum atomic E-state index is -1.35. The fraction of sp³-hybridized carbons (Fsp3) is 0.875. The van der Waals surface area contributed by atoms with Crippen LogP contribution in [0.1, 0.15) is 19.8 Å². The molecular formula is C8H12Cl3NO. The summed E-state index contributed by atoms with van der Waals surface area (Å²) >= 11 is 17.5. The number of nitrogens with one attached hydrogen (secondary N) is 1. The summed E-state index contributed by atoms with van der Waals surface area (Å²) in [7, 11) is 0. The van der Waals surface area contributed by atoms with E-state index in [1.165, 1.54) is 0 Å². The summed E-state index contributed by atoms with van der Waals surface area (Å²) in [6.45, 7) is 2.04. The Labute approximate surface area is 92.9 Å². The van der Waals surface area contributed by atoms with Crippen molar-refractivity contribution in [1.82, 2.24) is 5.32 Å². The summed E-state index contributed by atoms with van der Waals surface area (Å²) in [6, 6.07) is 0.0185. The second kappa shape index (κ2) is 4.24. The summed E-state index contributed by atoms with van der Waals surface area (Å²) in [5.74, 6) is -0.207. The van der Waals surface area contributed by atoms with Gasteiger partial charge in [-0.3, -0.25) is 4.79 Å². The maximum Gasteiger partial charge on any atom is 0.257 e. The Morgan fingerprint density at radius 1 is 1.54 bits per heavy atom. The van der Waals surface area contributed by atoms with Crippen molar-refractivity contribution in [1.29, 1.82) is 0 Å². The van der Waals surface area contributed by atoms with Crippen LogP contribution in [-0.2, 0) is 4.79 Å². The third-order valence-electron chi connectivity index (χ3n) is 2.34. The fourth-order valence-corrected chi connectivity index (χ4v) is 2.75. The Bertz CT molecular complexity index is 208. The van der Waals surface area contributed by atoms with E-state index in [9.17, 15) is 4.79 Å². The van der Waals surface area contributed by atoms with Gasteiger partial charge < -0.3 is 5.32 Å². The largest absolute Gasteiger partial charge is 0.350 e. The van der Waals surface area contributed by atoms with Crippen LogP contribution in [0.15, 0.2) is 0 Å². The van der Waals surface area contributed by atoms with Crippen LogP contribution in [0.25, 0.3) is 0 Å². The molecule has 5 heteroatoms. The van der Waals surface area contributed by atoms with E-state index in [0.29, 0.717) is 5.88 Å². The zero-order valence-corrected chi connectivity index (χ0v) is 9.59. The number of carbonyl (C=O) groups excluding carboxylic acids is 1. The monoisotopic (exact) mass is 243 g/mol. The highest BCUT2D eigenvalue weighted by atomic mass is 35.5. The molecule has 0 aromatic rings. The molecule has 1 heterocycles. The molecule has 1 aliphatic heterocycles. The lowest BCUT2D eigenvalue weighted by Crippen LogP contribution is -2.31. The number of halogens is 3. The van der Waals surface area contributed by atoms with Gasteiger partial charge in [-0.25, -0.2) is 0 Å². The first-order chi connectivity index (χ1) is 6.04. The van der Waals surface area contributed by atoms with Gasteiger partial charge in [-0.05, 0) is 6.42 Å². The van der Waals surface area contributed by atoms with E-state index in [0.717, 1.165) is 12.8 Å². The number of hydrogen-bond donors (Lipinski definition) is 1. The second-order valence-electron chi connectivity index (χ2n) is 3.25. The molecule has 0 saturated carbocycles. The highest BCUT2D eigenvalue weighted by Crippen LogP contribution is 2.39. The van der Waals surface area contributed by atoms with E-state index in [2.05, 4.69) is 5.32 Å². The molecule has 0 unspecified atom stereocenters. The van der Waals surface area contributed by atoms with E-state index in [1.807, 2.05) is 6.92 Å². The van der Waals surface area contributed by atoms with E-state index in [4.69, 9.17) is 34.8 Å². The Hall–Kier alpha value is 0.340. The van der Waals surface area contributed by atoms with E-state index < -0.39 is 4.33 Å². The van der Waals surface area contributed by atoms with Crippen LogP contribution in [0.5, 0.6) is 0 Å². The minimum absolute atomic E-state index is 0.0185. The standard InChI is InChI=1S/C8H12Cl3NO/c1-2-3-6-5(4-9)8(10,11)7(13)12-6/h5-6H,2-4H2,1H3,(H,12,13)/t5-,6+/m0/s1. The second-order valence-corrected chi connectivity index (χ2v) is 4.95. The highest BCUT2D eigenvalue weighted by molar-refractivity contribution is 6.59. The maximum atomic E-state index is 11.3. The van der Waals surface area contributed by atoms with Crippen molar-refractivity contribution >= 4 is 40.7 Å². The smallest absolute Gasteiger partial charge is 0.257 e. The van der Waals surface area contributed by atoms with Crippen LogP contribution >= 0.6 is 34.8 Å². The zero-order chi connectivity index (χ0) is 10.1. The van der Waals surface area contributed by atoms with Gasteiger partial charge in [0, 0.05) is 17.8 Å². The third kappa shape index (κ3) is 2.05. The van der Waals surface area contributed by atoms with Crippen molar-refractivity contribution in [3.8, 4) is 0 Å². The lowest BCUT2D eigenvalue weighted by molar-refractivity contribution is -0.120. The minimum Gasteiger partial charge on any atom is -0.350 e. The molecule has 1 rings (SSSR count). The van der Waals surface area contributed by atoms with Gasteiger partial charge in [-0.2, -0.15) is 0 Å². The zero-order valence-electron chi connectivity index (χ0n) is 7.32. The topological polar surface area (TPSA) is 29.1 Å². The molecule has 2 atom stereocenters. The molecule has 1 fully saturated rings. The average Bonchev–Trinajstić information content (AvgIpc) is 2.24. The molecule has 1 saturated heterocycles. The van der Waals surface area contributed by atoms with Crippen molar-refractivity contribution in [3.63, 3.8) is 0 Å². The SMILES string of the molecule is CCC[C@H]1NC(=O)C(Cl)(Cl)[C@H]1CCl. The first-order valence-electron chi connectivity index (χ1n) is 4.28. The van der Waals surface area contributed by atoms with Crippen LogP contribution in [0.3, 0.4) is 0 Å². The fourth-order valence-electron chi connectivity index (χ4n) is 1.58. The Balaban J connectivity index is 2.76. The van der Waals surface area contributed by atoms with E-state index >= 15 is 0 Å². The quantitative estimate of drug-likeness (QED) is 0.759. The van der Waals surface area contributed by atoms with Crippen LogP contribution in [0.2, 0.25) is 0 Å². The van der Waals surface area contributed by atoms with Crippen molar-refractivity contribution in [2.75, 3.05) is 5.88 Å². The molecule has 0 radical (unpaired) electrons. The Morgan fingerprint density at radius 2 is 2.15 bits per heavy atom. The first-order valence-corrected chi connectivity index (χ1v) is 5.57. The van der Waals surface area contributed by atoms with Crippen molar-refractivity contribution < 1.29 is 4.79 Å². The molecule has 0 spiro atoms. The van der Waals surface area contributed by atoms with E-state index in [1.54, 1.807) is 0 Å². The molecule has 0 aromatic heterocycles. The molecule has 13 heavy (non-hydrogen) atoms. The van der Waals surface area contributed by atoms with Crippen molar-refractivity contribution in [2.45, 2.75) is 30.1 Å². The van der Waals surface area contributed by atoms with Crippen molar-refractivity contribution in [3.05, 3.63) is 0 Å². The van der Waals surface area contributed by atoms with Crippen LogP contribution in [0.4, 0.5) is 0 Å². The van der Waals surface area contributed by atoms with Gasteiger partial charge in [0.05, 0.1) is 0 Å². The molecule has 0 aliphatic carbocycles. The normalized spacial score (nSPS) is 31.8. The number of amides is 1. The lowest BCUT2D eigenvalue weighted by atomic mass is 9.98. The Morgan fingerprint density at radius 3 is 2.62 bits per heavy atom. The van der Waals surface area contributed by atoms with Gasteiger partial charge in [-0.15, -0.1) is 11.6 Å². The highest BCUT2D eigenvalue weighted by Gasteiger charge is 2.52. The molecule has 0 bridgehead atoms. The molecule has 0 aromatic carbocycles.